The molecule has 0 aliphatic rings. The highest BCUT2D eigenvalue weighted by atomic mass is 16.5. The largest absolute Gasteiger partial charge is 0.493 e. The fourth-order valence-electron chi connectivity index (χ4n) is 2.63. The predicted octanol–water partition coefficient (Wildman–Crippen LogP) is 3.60. The van der Waals surface area contributed by atoms with E-state index in [-0.39, 0.29) is 0 Å². The summed E-state index contributed by atoms with van der Waals surface area (Å²) in [6, 6.07) is 17.3. The smallest absolute Gasteiger partial charge is 0.165 e. The van der Waals surface area contributed by atoms with Crippen molar-refractivity contribution in [3.63, 3.8) is 0 Å². The van der Waals surface area contributed by atoms with Gasteiger partial charge in [-0.05, 0) is 23.3 Å². The van der Waals surface area contributed by atoms with Crippen LogP contribution in [-0.2, 0) is 0 Å². The first kappa shape index (κ1) is 18.9. The number of aromatic nitrogens is 2. The minimum absolute atomic E-state index is 0.449. The Labute approximate surface area is 163 Å². The molecule has 0 saturated heterocycles. The molecule has 0 aliphatic carbocycles. The summed E-state index contributed by atoms with van der Waals surface area (Å²) in [5, 5.41) is 13.9. The Balaban J connectivity index is 1.81. The van der Waals surface area contributed by atoms with Crippen LogP contribution < -0.4 is 14.9 Å². The summed E-state index contributed by atoms with van der Waals surface area (Å²) in [6.45, 7) is 0. The monoisotopic (exact) mass is 373 g/mol. The van der Waals surface area contributed by atoms with Crippen LogP contribution in [0.4, 0.5) is 5.82 Å². The van der Waals surface area contributed by atoms with Gasteiger partial charge in [-0.2, -0.15) is 10.4 Å². The van der Waals surface area contributed by atoms with E-state index in [9.17, 15) is 5.26 Å². The van der Waals surface area contributed by atoms with Gasteiger partial charge in [0.05, 0.1) is 44.6 Å². The van der Waals surface area contributed by atoms with Gasteiger partial charge in [0.25, 0.3) is 0 Å². The minimum Gasteiger partial charge on any atom is -0.493 e. The van der Waals surface area contributed by atoms with E-state index in [1.54, 1.807) is 45.0 Å². The molecule has 0 radical (unpaired) electrons. The number of hydrogen-bond donors (Lipinski definition) is 1. The van der Waals surface area contributed by atoms with Crippen molar-refractivity contribution in [2.75, 3.05) is 19.6 Å². The number of nitrogens with zero attached hydrogens (tertiary/aromatic N) is 4. The Morgan fingerprint density at radius 1 is 1.07 bits per heavy atom. The van der Waals surface area contributed by atoms with E-state index >= 15 is 0 Å². The fraction of sp³-hybridized carbons (Fsp3) is 0.143. The van der Waals surface area contributed by atoms with Gasteiger partial charge in [-0.15, -0.1) is 0 Å². The third-order valence-corrected chi connectivity index (χ3v) is 4.01. The van der Waals surface area contributed by atoms with Crippen LogP contribution >= 0.6 is 0 Å². The minimum atomic E-state index is -0.604. The zero-order chi connectivity index (χ0) is 19.8. The highest BCUT2D eigenvalue weighted by molar-refractivity contribution is 5.79. The number of methoxy groups -OCH3 is 2. The molecule has 0 amide bonds. The van der Waals surface area contributed by atoms with Gasteiger partial charge in [0.1, 0.15) is 5.92 Å². The van der Waals surface area contributed by atoms with Gasteiger partial charge in [0, 0.05) is 0 Å². The van der Waals surface area contributed by atoms with Crippen molar-refractivity contribution in [1.82, 2.24) is 9.97 Å². The van der Waals surface area contributed by atoms with Gasteiger partial charge in [0.2, 0.25) is 0 Å². The van der Waals surface area contributed by atoms with Crippen LogP contribution in [0.15, 0.2) is 66.0 Å². The SMILES string of the molecule is COc1ccc([C@H](C#N)c2cncc(NN=Cc3ccccc3)n2)cc1OC. The van der Waals surface area contributed by atoms with E-state index in [1.165, 1.54) is 0 Å². The first-order chi connectivity index (χ1) is 13.7. The molecular formula is C21H19N5O2. The maximum Gasteiger partial charge on any atom is 0.165 e. The average Bonchev–Trinajstić information content (AvgIpc) is 2.75. The van der Waals surface area contributed by atoms with Crippen LogP contribution in [-0.4, -0.2) is 30.4 Å². The first-order valence-corrected chi connectivity index (χ1v) is 8.52. The topological polar surface area (TPSA) is 92.4 Å². The second kappa shape index (κ2) is 9.14. The van der Waals surface area contributed by atoms with Gasteiger partial charge in [-0.1, -0.05) is 36.4 Å². The van der Waals surface area contributed by atoms with E-state index in [4.69, 9.17) is 9.47 Å². The highest BCUT2D eigenvalue weighted by Gasteiger charge is 2.18. The Morgan fingerprint density at radius 3 is 2.57 bits per heavy atom. The number of hydrogen-bond acceptors (Lipinski definition) is 7. The summed E-state index contributed by atoms with van der Waals surface area (Å²) < 4.78 is 10.6. The average molecular weight is 373 g/mol. The van der Waals surface area contributed by atoms with Crippen molar-refractivity contribution >= 4 is 12.0 Å². The number of benzene rings is 2. The van der Waals surface area contributed by atoms with Crippen LogP contribution in [0, 0.1) is 11.3 Å². The second-order valence-corrected chi connectivity index (χ2v) is 5.79. The molecule has 2 aromatic carbocycles. The first-order valence-electron chi connectivity index (χ1n) is 8.52. The standard InChI is InChI=1S/C21H19N5O2/c1-27-19-9-8-16(10-20(19)28-2)17(11-22)18-13-23-14-21(25-18)26-24-12-15-6-4-3-5-7-15/h3-10,12-14,17H,1-2H3,(H,25,26)/t17-/m0/s1. The van der Waals surface area contributed by atoms with Crippen molar-refractivity contribution < 1.29 is 9.47 Å². The molecule has 0 fully saturated rings. The lowest BCUT2D eigenvalue weighted by atomic mass is 9.97. The van der Waals surface area contributed by atoms with Crippen molar-refractivity contribution in [1.29, 1.82) is 5.26 Å². The Hall–Kier alpha value is -3.92. The Bertz CT molecular complexity index is 999. The zero-order valence-corrected chi connectivity index (χ0v) is 15.5. The molecule has 1 atom stereocenters. The number of hydrazone groups is 1. The molecular weight excluding hydrogens is 354 g/mol. The van der Waals surface area contributed by atoms with E-state index in [0.717, 1.165) is 11.1 Å². The molecule has 1 N–H and O–H groups in total. The molecule has 0 bridgehead atoms. The normalized spacial score (nSPS) is 11.6. The number of rotatable bonds is 7. The van der Waals surface area contributed by atoms with Crippen LogP contribution in [0.3, 0.4) is 0 Å². The third kappa shape index (κ3) is 4.43. The highest BCUT2D eigenvalue weighted by Crippen LogP contribution is 2.32. The summed E-state index contributed by atoms with van der Waals surface area (Å²) in [5.41, 5.74) is 5.05. The molecule has 3 rings (SSSR count). The predicted molar refractivity (Wildman–Crippen MR) is 107 cm³/mol. The summed E-state index contributed by atoms with van der Waals surface area (Å²) in [4.78, 5) is 8.64. The van der Waals surface area contributed by atoms with Gasteiger partial charge in [-0.25, -0.2) is 4.98 Å². The summed E-state index contributed by atoms with van der Waals surface area (Å²) in [5.74, 6) is 0.993. The van der Waals surface area contributed by atoms with Gasteiger partial charge < -0.3 is 9.47 Å². The number of nitrogens with one attached hydrogen (secondary N) is 1. The number of anilines is 1. The lowest BCUT2D eigenvalue weighted by Gasteiger charge is -2.13. The molecule has 0 aliphatic heterocycles. The molecule has 0 spiro atoms. The molecule has 3 aromatic rings. The summed E-state index contributed by atoms with van der Waals surface area (Å²) >= 11 is 0. The molecule has 28 heavy (non-hydrogen) atoms. The van der Waals surface area contributed by atoms with E-state index in [1.807, 2.05) is 36.4 Å². The molecule has 1 aromatic heterocycles. The third-order valence-electron chi connectivity index (χ3n) is 4.01. The molecule has 0 unspecified atom stereocenters. The zero-order valence-electron chi connectivity index (χ0n) is 15.5. The lowest BCUT2D eigenvalue weighted by molar-refractivity contribution is 0.354. The van der Waals surface area contributed by atoms with Crippen molar-refractivity contribution in [3.05, 3.63) is 77.7 Å². The van der Waals surface area contributed by atoms with Gasteiger partial charge in [0.15, 0.2) is 17.3 Å². The molecule has 1 heterocycles. The summed E-state index contributed by atoms with van der Waals surface area (Å²) in [7, 11) is 3.12. The van der Waals surface area contributed by atoms with Crippen molar-refractivity contribution in [3.8, 4) is 17.6 Å². The molecule has 0 saturated carbocycles. The molecule has 140 valence electrons. The quantitative estimate of drug-likeness (QED) is 0.502. The van der Waals surface area contributed by atoms with E-state index in [0.29, 0.717) is 23.0 Å². The maximum atomic E-state index is 9.70. The van der Waals surface area contributed by atoms with Crippen LogP contribution in [0.25, 0.3) is 0 Å². The maximum absolute atomic E-state index is 9.70. The summed E-state index contributed by atoms with van der Waals surface area (Å²) in [6.07, 6.45) is 4.80. The van der Waals surface area contributed by atoms with Crippen LogP contribution in [0.5, 0.6) is 11.5 Å². The van der Waals surface area contributed by atoms with E-state index in [2.05, 4.69) is 26.6 Å². The Morgan fingerprint density at radius 2 is 1.86 bits per heavy atom. The van der Waals surface area contributed by atoms with E-state index < -0.39 is 5.92 Å². The van der Waals surface area contributed by atoms with Crippen molar-refractivity contribution in [2.45, 2.75) is 5.92 Å². The molecule has 7 heteroatoms. The van der Waals surface area contributed by atoms with Gasteiger partial charge >= 0.3 is 0 Å². The fourth-order valence-corrected chi connectivity index (χ4v) is 2.63. The molecule has 7 nitrogen and oxygen atoms in total. The lowest BCUT2D eigenvalue weighted by Crippen LogP contribution is -2.05. The van der Waals surface area contributed by atoms with Crippen molar-refractivity contribution in [2.24, 2.45) is 5.10 Å². The second-order valence-electron chi connectivity index (χ2n) is 5.79. The number of nitriles is 1. The van der Waals surface area contributed by atoms with Crippen LogP contribution in [0.1, 0.15) is 22.7 Å². The van der Waals surface area contributed by atoms with Crippen LogP contribution in [0.2, 0.25) is 0 Å². The Kier molecular flexibility index (Phi) is 6.16. The number of ether oxygens (including phenoxy) is 2. The van der Waals surface area contributed by atoms with Gasteiger partial charge in [-0.3, -0.25) is 10.4 Å².